The lowest BCUT2D eigenvalue weighted by molar-refractivity contribution is -0.192. The summed E-state index contributed by atoms with van der Waals surface area (Å²) in [5.41, 5.74) is 2.74. The van der Waals surface area contributed by atoms with Gasteiger partial charge in [-0.15, -0.1) is 0 Å². The van der Waals surface area contributed by atoms with Gasteiger partial charge in [0.2, 0.25) is 0 Å². The Morgan fingerprint density at radius 1 is 1.33 bits per heavy atom. The van der Waals surface area contributed by atoms with Crippen LogP contribution in [0.25, 0.3) is 0 Å². The summed E-state index contributed by atoms with van der Waals surface area (Å²) >= 11 is 1.78. The van der Waals surface area contributed by atoms with Crippen LogP contribution >= 0.6 is 11.3 Å². The van der Waals surface area contributed by atoms with E-state index in [1.165, 1.54) is 24.0 Å². The molecule has 0 bridgehead atoms. The van der Waals surface area contributed by atoms with E-state index in [0.29, 0.717) is 12.1 Å². The Labute approximate surface area is 177 Å². The first-order chi connectivity index (χ1) is 14.2. The van der Waals surface area contributed by atoms with Gasteiger partial charge in [0.15, 0.2) is 0 Å². The Balaban J connectivity index is 0.000000318. The van der Waals surface area contributed by atoms with Crippen molar-refractivity contribution in [1.29, 1.82) is 0 Å². The first-order valence-corrected chi connectivity index (χ1v) is 10.8. The maximum absolute atomic E-state index is 10.6. The molecule has 0 radical (unpaired) electrons. The number of aliphatic carboxylic acids is 1. The summed E-state index contributed by atoms with van der Waals surface area (Å²) in [5.74, 6) is -1.92. The summed E-state index contributed by atoms with van der Waals surface area (Å²) in [6.45, 7) is 3.13. The van der Waals surface area contributed by atoms with E-state index in [2.05, 4.69) is 33.0 Å². The normalized spacial score (nSPS) is 22.0. The molecule has 2 aromatic rings. The molecule has 0 amide bonds. The number of aryl methyl sites for hydroxylation is 1. The van der Waals surface area contributed by atoms with Crippen molar-refractivity contribution in [2.45, 2.75) is 50.6 Å². The highest BCUT2D eigenvalue weighted by Crippen LogP contribution is 2.32. The van der Waals surface area contributed by atoms with Gasteiger partial charge in [-0.25, -0.2) is 4.79 Å². The molecular weight excluding hydrogens is 419 g/mol. The number of likely N-dealkylation sites (tertiary alicyclic amines) is 1. The second-order valence-corrected chi connectivity index (χ2v) is 8.58. The zero-order valence-corrected chi connectivity index (χ0v) is 17.5. The Hall–Kier alpha value is -1.91. The van der Waals surface area contributed by atoms with E-state index in [1.807, 2.05) is 17.9 Å². The summed E-state index contributed by atoms with van der Waals surface area (Å²) in [7, 11) is 1.99. The van der Waals surface area contributed by atoms with E-state index in [-0.39, 0.29) is 0 Å². The highest BCUT2D eigenvalue weighted by molar-refractivity contribution is 7.07. The fraction of sp³-hybridized carbons (Fsp3) is 0.600. The Morgan fingerprint density at radius 3 is 2.60 bits per heavy atom. The van der Waals surface area contributed by atoms with Crippen molar-refractivity contribution in [1.82, 2.24) is 14.7 Å². The van der Waals surface area contributed by atoms with Crippen molar-refractivity contribution < 1.29 is 27.8 Å². The molecule has 166 valence electrons. The third kappa shape index (κ3) is 6.82. The van der Waals surface area contributed by atoms with Crippen LogP contribution in [0.3, 0.4) is 0 Å². The van der Waals surface area contributed by atoms with E-state index in [9.17, 15) is 13.2 Å². The van der Waals surface area contributed by atoms with Crippen LogP contribution in [-0.4, -0.2) is 57.2 Å². The second-order valence-electron chi connectivity index (χ2n) is 7.80. The molecule has 2 atom stereocenters. The van der Waals surface area contributed by atoms with Crippen molar-refractivity contribution in [2.75, 3.05) is 13.2 Å². The number of nitrogens with zero attached hydrogens (tertiary/aromatic N) is 3. The fourth-order valence-corrected chi connectivity index (χ4v) is 4.18. The quantitative estimate of drug-likeness (QED) is 0.704. The van der Waals surface area contributed by atoms with Crippen LogP contribution in [0.15, 0.2) is 29.2 Å². The van der Waals surface area contributed by atoms with Crippen molar-refractivity contribution in [3.05, 3.63) is 40.3 Å². The molecule has 2 aliphatic rings. The molecule has 6 nitrogen and oxygen atoms in total. The Morgan fingerprint density at radius 2 is 2.07 bits per heavy atom. The Bertz CT molecular complexity index is 806. The minimum absolute atomic E-state index is 0.370. The van der Waals surface area contributed by atoms with Crippen LogP contribution in [0.2, 0.25) is 0 Å². The van der Waals surface area contributed by atoms with Crippen molar-refractivity contribution in [2.24, 2.45) is 13.0 Å². The third-order valence-electron chi connectivity index (χ3n) is 5.25. The first kappa shape index (κ1) is 22.8. The molecule has 0 spiro atoms. The standard InChI is InChI=1S/C18H25N3OS.C2HF3O2/c1-20-10-16(9-19-20)8-17-18(22-12-14-2-3-14)4-6-21(17)11-15-5-7-23-13-15;3-2(4,5)1(6)7/h5,7,9-10,13-14,17-18H,2-4,6,8,11-12H2,1H3;(H,6,7)/t17-,18+;/m0./s1. The molecule has 4 rings (SSSR count). The van der Waals surface area contributed by atoms with Crippen LogP contribution in [0.4, 0.5) is 13.2 Å². The topological polar surface area (TPSA) is 67.6 Å². The first-order valence-electron chi connectivity index (χ1n) is 9.86. The molecule has 1 N–H and O–H groups in total. The monoisotopic (exact) mass is 445 g/mol. The third-order valence-corrected chi connectivity index (χ3v) is 5.99. The minimum Gasteiger partial charge on any atom is -0.475 e. The molecule has 1 aliphatic carbocycles. The average molecular weight is 446 g/mol. The van der Waals surface area contributed by atoms with Crippen LogP contribution in [0.1, 0.15) is 30.4 Å². The SMILES string of the molecule is Cn1cc(C[C@H]2[C@H](OCC3CC3)CCN2Cc2ccsc2)cn1.O=C(O)C(F)(F)F. The number of halogens is 3. The van der Waals surface area contributed by atoms with Gasteiger partial charge in [-0.2, -0.15) is 29.6 Å². The van der Waals surface area contributed by atoms with E-state index in [0.717, 1.165) is 38.5 Å². The summed E-state index contributed by atoms with van der Waals surface area (Å²) < 4.78 is 39.9. The highest BCUT2D eigenvalue weighted by Gasteiger charge is 2.38. The van der Waals surface area contributed by atoms with Gasteiger partial charge in [-0.3, -0.25) is 9.58 Å². The summed E-state index contributed by atoms with van der Waals surface area (Å²) in [6.07, 6.45) is 4.33. The molecule has 1 saturated heterocycles. The molecule has 1 saturated carbocycles. The van der Waals surface area contributed by atoms with Crippen LogP contribution in [-0.2, 0) is 29.5 Å². The number of thiophene rings is 1. The number of ether oxygens (including phenoxy) is 1. The van der Waals surface area contributed by atoms with Crippen LogP contribution < -0.4 is 0 Å². The van der Waals surface area contributed by atoms with Gasteiger partial charge in [-0.1, -0.05) is 0 Å². The predicted molar refractivity (Wildman–Crippen MR) is 106 cm³/mol. The highest BCUT2D eigenvalue weighted by atomic mass is 32.1. The van der Waals surface area contributed by atoms with Gasteiger partial charge in [0.05, 0.1) is 12.3 Å². The Kier molecular flexibility index (Phi) is 7.54. The van der Waals surface area contributed by atoms with Crippen molar-refractivity contribution in [3.63, 3.8) is 0 Å². The molecule has 3 heterocycles. The molecule has 10 heteroatoms. The largest absolute Gasteiger partial charge is 0.490 e. The minimum atomic E-state index is -5.08. The lowest BCUT2D eigenvalue weighted by atomic mass is 10.0. The van der Waals surface area contributed by atoms with Gasteiger partial charge in [-0.05, 0) is 59.6 Å². The maximum atomic E-state index is 10.6. The number of hydrogen-bond acceptors (Lipinski definition) is 5. The number of alkyl halides is 3. The number of hydrogen-bond donors (Lipinski definition) is 1. The number of carbonyl (C=O) groups is 1. The van der Waals surface area contributed by atoms with Crippen molar-refractivity contribution >= 4 is 17.3 Å². The lowest BCUT2D eigenvalue weighted by Crippen LogP contribution is -2.38. The van der Waals surface area contributed by atoms with Gasteiger partial charge >= 0.3 is 12.1 Å². The van der Waals surface area contributed by atoms with Gasteiger partial charge in [0.1, 0.15) is 0 Å². The van der Waals surface area contributed by atoms with E-state index in [1.54, 1.807) is 11.3 Å². The van der Waals surface area contributed by atoms with Gasteiger partial charge in [0, 0.05) is 39.0 Å². The fourth-order valence-electron chi connectivity index (χ4n) is 3.52. The van der Waals surface area contributed by atoms with Gasteiger partial charge < -0.3 is 9.84 Å². The number of carboxylic acid groups (broad SMARTS) is 1. The van der Waals surface area contributed by atoms with E-state index < -0.39 is 12.1 Å². The average Bonchev–Trinajstić information content (AvgIpc) is 3.02. The zero-order valence-electron chi connectivity index (χ0n) is 16.7. The van der Waals surface area contributed by atoms with E-state index >= 15 is 0 Å². The summed E-state index contributed by atoms with van der Waals surface area (Å²) in [6, 6.07) is 2.71. The molecule has 2 fully saturated rings. The molecular formula is C20H26F3N3O3S. The van der Waals surface area contributed by atoms with Crippen LogP contribution in [0.5, 0.6) is 0 Å². The van der Waals surface area contributed by atoms with Gasteiger partial charge in [0.25, 0.3) is 0 Å². The second kappa shape index (κ2) is 9.93. The molecule has 0 unspecified atom stereocenters. The lowest BCUT2D eigenvalue weighted by Gasteiger charge is -2.28. The number of aromatic nitrogens is 2. The zero-order chi connectivity index (χ0) is 21.7. The molecule has 1 aliphatic heterocycles. The smallest absolute Gasteiger partial charge is 0.475 e. The molecule has 30 heavy (non-hydrogen) atoms. The maximum Gasteiger partial charge on any atom is 0.490 e. The number of carboxylic acids is 1. The number of rotatable bonds is 7. The predicted octanol–water partition coefficient (Wildman–Crippen LogP) is 3.73. The van der Waals surface area contributed by atoms with Crippen LogP contribution in [0, 0.1) is 5.92 Å². The summed E-state index contributed by atoms with van der Waals surface area (Å²) in [5, 5.41) is 15.9. The van der Waals surface area contributed by atoms with E-state index in [4.69, 9.17) is 14.6 Å². The molecule has 0 aromatic carbocycles. The summed E-state index contributed by atoms with van der Waals surface area (Å²) in [4.78, 5) is 11.5. The molecule has 2 aromatic heterocycles. The van der Waals surface area contributed by atoms with Crippen molar-refractivity contribution in [3.8, 4) is 0 Å².